The van der Waals surface area contributed by atoms with Crippen molar-refractivity contribution in [2.75, 3.05) is 0 Å². The largest absolute Gasteiger partial charge is 0.249 e. The van der Waals surface area contributed by atoms with Crippen LogP contribution in [0.15, 0.2) is 55.1 Å². The van der Waals surface area contributed by atoms with Crippen LogP contribution in [0.3, 0.4) is 0 Å². The van der Waals surface area contributed by atoms with E-state index in [9.17, 15) is 0 Å². The molecular formula is C20H19N2+. The van der Waals surface area contributed by atoms with Crippen LogP contribution in [0.4, 0.5) is 0 Å². The molecule has 0 spiro atoms. The van der Waals surface area contributed by atoms with Crippen LogP contribution in [-0.4, -0.2) is 4.57 Å². The minimum atomic E-state index is 0.950. The second kappa shape index (κ2) is 4.57. The lowest BCUT2D eigenvalue weighted by molar-refractivity contribution is -0.687. The van der Waals surface area contributed by atoms with E-state index in [1.807, 2.05) is 0 Å². The van der Waals surface area contributed by atoms with Crippen LogP contribution in [0, 0.1) is 0 Å². The zero-order chi connectivity index (χ0) is 14.5. The highest BCUT2D eigenvalue weighted by molar-refractivity contribution is 5.45. The summed E-state index contributed by atoms with van der Waals surface area (Å²) in [6.07, 6.45) is 11.5. The normalized spacial score (nSPS) is 14.7. The first-order valence-electron chi connectivity index (χ1n) is 8.15. The van der Waals surface area contributed by atoms with Crippen LogP contribution in [-0.2, 0) is 32.2 Å². The summed E-state index contributed by atoms with van der Waals surface area (Å²) in [6, 6.07) is 13.8. The Balaban J connectivity index is 1.41. The summed E-state index contributed by atoms with van der Waals surface area (Å²) in [5.74, 6) is 0. The molecule has 1 aromatic heterocycles. The molecule has 22 heavy (non-hydrogen) atoms. The van der Waals surface area contributed by atoms with Crippen LogP contribution < -0.4 is 4.57 Å². The quantitative estimate of drug-likeness (QED) is 0.655. The van der Waals surface area contributed by atoms with Crippen molar-refractivity contribution in [3.8, 4) is 5.69 Å². The van der Waals surface area contributed by atoms with Gasteiger partial charge in [-0.25, -0.2) is 9.13 Å². The van der Waals surface area contributed by atoms with Gasteiger partial charge in [-0.3, -0.25) is 0 Å². The Morgan fingerprint density at radius 3 is 2.23 bits per heavy atom. The number of benzene rings is 2. The van der Waals surface area contributed by atoms with Crippen molar-refractivity contribution in [2.24, 2.45) is 0 Å². The predicted octanol–water partition coefficient (Wildman–Crippen LogP) is 3.01. The van der Waals surface area contributed by atoms with Crippen molar-refractivity contribution in [3.63, 3.8) is 0 Å². The first-order chi connectivity index (χ1) is 10.8. The Labute approximate surface area is 130 Å². The molecule has 2 nitrogen and oxygen atoms in total. The molecule has 0 unspecified atom stereocenters. The second-order valence-electron chi connectivity index (χ2n) is 6.55. The lowest BCUT2D eigenvalue weighted by Crippen LogP contribution is -2.31. The molecule has 0 fully saturated rings. The lowest BCUT2D eigenvalue weighted by atomic mass is 9.87. The molecule has 0 N–H and O–H groups in total. The molecule has 0 bridgehead atoms. The van der Waals surface area contributed by atoms with Crippen LogP contribution in [0.1, 0.15) is 27.8 Å². The summed E-state index contributed by atoms with van der Waals surface area (Å²) in [7, 11) is 0. The van der Waals surface area contributed by atoms with Crippen molar-refractivity contribution >= 4 is 0 Å². The number of rotatable bonds is 3. The zero-order valence-corrected chi connectivity index (χ0v) is 12.6. The molecule has 0 saturated heterocycles. The molecule has 3 aromatic rings. The average Bonchev–Trinajstić information content (AvgIpc) is 2.92. The Hall–Kier alpha value is -2.35. The van der Waals surface area contributed by atoms with Gasteiger partial charge in [-0.2, -0.15) is 0 Å². The fourth-order valence-corrected chi connectivity index (χ4v) is 3.54. The second-order valence-corrected chi connectivity index (χ2v) is 6.55. The summed E-state index contributed by atoms with van der Waals surface area (Å²) in [6.45, 7) is 0.950. The van der Waals surface area contributed by atoms with E-state index in [4.69, 9.17) is 0 Å². The van der Waals surface area contributed by atoms with Crippen LogP contribution in [0.25, 0.3) is 5.69 Å². The van der Waals surface area contributed by atoms with Crippen LogP contribution in [0.5, 0.6) is 0 Å². The molecule has 2 aliphatic carbocycles. The number of hydrogen-bond donors (Lipinski definition) is 0. The highest BCUT2D eigenvalue weighted by atomic mass is 15.1. The Morgan fingerprint density at radius 2 is 1.55 bits per heavy atom. The Bertz CT molecular complexity index is 873. The standard InChI is InChI=1S/C20H19N2/c1-2-16-3-5-18(16)11-15(1)13-21-9-10-22(14-21)20-8-7-17-4-6-19(17)12-20/h1-2,7-12,14H,3-6,13H2/q+1. The smallest absolute Gasteiger partial charge is 0.232 e. The summed E-state index contributed by atoms with van der Waals surface area (Å²) >= 11 is 0. The molecule has 1 heterocycles. The molecule has 2 aromatic carbocycles. The third kappa shape index (κ3) is 1.91. The first-order valence-corrected chi connectivity index (χ1v) is 8.15. The molecular weight excluding hydrogens is 268 g/mol. The number of hydrogen-bond acceptors (Lipinski definition) is 0. The molecule has 108 valence electrons. The van der Waals surface area contributed by atoms with Gasteiger partial charge < -0.3 is 0 Å². The van der Waals surface area contributed by atoms with Crippen molar-refractivity contribution in [1.29, 1.82) is 0 Å². The summed E-state index contributed by atoms with van der Waals surface area (Å²) in [4.78, 5) is 0. The van der Waals surface area contributed by atoms with Gasteiger partial charge in [0.2, 0.25) is 6.33 Å². The maximum Gasteiger partial charge on any atom is 0.249 e. The van der Waals surface area contributed by atoms with E-state index in [0.717, 1.165) is 6.54 Å². The fraction of sp³-hybridized carbons (Fsp3) is 0.250. The van der Waals surface area contributed by atoms with E-state index in [2.05, 4.69) is 64.3 Å². The number of imidazole rings is 1. The molecule has 2 aliphatic rings. The molecule has 0 aliphatic heterocycles. The highest BCUT2D eigenvalue weighted by Crippen LogP contribution is 2.25. The maximum atomic E-state index is 2.37. The van der Waals surface area contributed by atoms with E-state index in [0.29, 0.717) is 0 Å². The van der Waals surface area contributed by atoms with E-state index in [1.54, 1.807) is 5.56 Å². The van der Waals surface area contributed by atoms with Gasteiger partial charge in [-0.1, -0.05) is 24.3 Å². The molecule has 0 saturated carbocycles. The number of aryl methyl sites for hydroxylation is 4. The van der Waals surface area contributed by atoms with Gasteiger partial charge in [0.15, 0.2) is 0 Å². The number of fused-ring (bicyclic) bond motifs is 2. The number of aromatic nitrogens is 2. The Kier molecular flexibility index (Phi) is 2.54. The topological polar surface area (TPSA) is 8.81 Å². The van der Waals surface area contributed by atoms with Gasteiger partial charge in [-0.15, -0.1) is 0 Å². The van der Waals surface area contributed by atoms with E-state index in [-0.39, 0.29) is 0 Å². The molecule has 2 heteroatoms. The van der Waals surface area contributed by atoms with Gasteiger partial charge in [-0.05, 0) is 65.6 Å². The third-order valence-electron chi connectivity index (χ3n) is 5.14. The zero-order valence-electron chi connectivity index (χ0n) is 12.6. The van der Waals surface area contributed by atoms with Crippen LogP contribution in [0.2, 0.25) is 0 Å². The fourth-order valence-electron chi connectivity index (χ4n) is 3.54. The summed E-state index contributed by atoms with van der Waals surface area (Å²) in [5, 5.41) is 0. The van der Waals surface area contributed by atoms with Crippen LogP contribution >= 0.6 is 0 Å². The van der Waals surface area contributed by atoms with Gasteiger partial charge in [0.25, 0.3) is 0 Å². The maximum absolute atomic E-state index is 2.37. The van der Waals surface area contributed by atoms with Crippen molar-refractivity contribution in [3.05, 3.63) is 82.9 Å². The molecule has 0 amide bonds. The van der Waals surface area contributed by atoms with Crippen molar-refractivity contribution in [1.82, 2.24) is 4.57 Å². The minimum Gasteiger partial charge on any atom is -0.232 e. The monoisotopic (exact) mass is 287 g/mol. The van der Waals surface area contributed by atoms with E-state index < -0.39 is 0 Å². The molecule has 0 atom stereocenters. The van der Waals surface area contributed by atoms with Crippen molar-refractivity contribution in [2.45, 2.75) is 32.2 Å². The molecule has 0 radical (unpaired) electrons. The van der Waals surface area contributed by atoms with Gasteiger partial charge in [0.05, 0.1) is 0 Å². The van der Waals surface area contributed by atoms with E-state index in [1.165, 1.54) is 53.6 Å². The summed E-state index contributed by atoms with van der Waals surface area (Å²) in [5.41, 5.74) is 8.78. The highest BCUT2D eigenvalue weighted by Gasteiger charge is 2.16. The van der Waals surface area contributed by atoms with Gasteiger partial charge in [0.1, 0.15) is 24.6 Å². The first kappa shape index (κ1) is 12.2. The minimum absolute atomic E-state index is 0.950. The molecule has 5 rings (SSSR count). The lowest BCUT2D eigenvalue weighted by Gasteiger charge is -2.18. The van der Waals surface area contributed by atoms with E-state index >= 15 is 0 Å². The van der Waals surface area contributed by atoms with Crippen molar-refractivity contribution < 1.29 is 4.57 Å². The summed E-state index contributed by atoms with van der Waals surface area (Å²) < 4.78 is 4.49. The Morgan fingerprint density at radius 1 is 0.818 bits per heavy atom. The third-order valence-corrected chi connectivity index (χ3v) is 5.14. The van der Waals surface area contributed by atoms with Gasteiger partial charge >= 0.3 is 0 Å². The van der Waals surface area contributed by atoms with Gasteiger partial charge in [0, 0.05) is 0 Å². The number of nitrogens with zero attached hydrogens (tertiary/aromatic N) is 2. The SMILES string of the molecule is c1cc2c(cc1C[n+]1ccn(-c3ccc4c(c3)CC4)c1)CC2. The predicted molar refractivity (Wildman–Crippen MR) is 86.3 cm³/mol. The average molecular weight is 287 g/mol.